The zero-order valence-corrected chi connectivity index (χ0v) is 12.1. The SMILES string of the molecule is Cc1cscc1C(=O)N(C)C1(C(=O)O)CCCCC1. The molecule has 1 saturated carbocycles. The van der Waals surface area contributed by atoms with Gasteiger partial charge in [0.2, 0.25) is 0 Å². The highest BCUT2D eigenvalue weighted by molar-refractivity contribution is 7.08. The maximum Gasteiger partial charge on any atom is 0.329 e. The molecule has 1 N–H and O–H groups in total. The van der Waals surface area contributed by atoms with Gasteiger partial charge in [-0.05, 0) is 30.7 Å². The van der Waals surface area contributed by atoms with Gasteiger partial charge < -0.3 is 10.0 Å². The Kier molecular flexibility index (Phi) is 3.94. The molecule has 1 aromatic rings. The van der Waals surface area contributed by atoms with Gasteiger partial charge in [-0.1, -0.05) is 19.3 Å². The number of aliphatic carboxylic acids is 1. The quantitative estimate of drug-likeness (QED) is 0.926. The lowest BCUT2D eigenvalue weighted by Gasteiger charge is -2.41. The molecule has 1 aliphatic rings. The number of carbonyl (C=O) groups excluding carboxylic acids is 1. The Morgan fingerprint density at radius 3 is 2.37 bits per heavy atom. The van der Waals surface area contributed by atoms with Crippen LogP contribution < -0.4 is 0 Å². The summed E-state index contributed by atoms with van der Waals surface area (Å²) in [5.41, 5.74) is 0.515. The number of nitrogens with zero attached hydrogens (tertiary/aromatic N) is 1. The number of aryl methyl sites for hydroxylation is 1. The number of thiophene rings is 1. The first-order chi connectivity index (χ1) is 8.99. The number of amides is 1. The third-order valence-electron chi connectivity index (χ3n) is 4.11. The van der Waals surface area contributed by atoms with Crippen LogP contribution in [-0.4, -0.2) is 34.5 Å². The number of carbonyl (C=O) groups is 2. The summed E-state index contributed by atoms with van der Waals surface area (Å²) in [4.78, 5) is 25.6. The molecule has 5 heteroatoms. The van der Waals surface area contributed by atoms with Crippen molar-refractivity contribution < 1.29 is 14.7 Å². The summed E-state index contributed by atoms with van der Waals surface area (Å²) in [6.07, 6.45) is 3.88. The second-order valence-corrected chi connectivity index (χ2v) is 5.97. The summed E-state index contributed by atoms with van der Waals surface area (Å²) >= 11 is 1.47. The van der Waals surface area contributed by atoms with Crippen molar-refractivity contribution in [3.63, 3.8) is 0 Å². The number of likely N-dealkylation sites (N-methyl/N-ethyl adjacent to an activating group) is 1. The van der Waals surface area contributed by atoms with Gasteiger partial charge in [0, 0.05) is 12.4 Å². The molecular weight excluding hydrogens is 262 g/mol. The maximum atomic E-state index is 12.5. The van der Waals surface area contributed by atoms with E-state index in [2.05, 4.69) is 0 Å². The van der Waals surface area contributed by atoms with Crippen LogP contribution in [-0.2, 0) is 4.79 Å². The lowest BCUT2D eigenvalue weighted by Crippen LogP contribution is -2.56. The van der Waals surface area contributed by atoms with Crippen LogP contribution in [0.4, 0.5) is 0 Å². The van der Waals surface area contributed by atoms with E-state index in [1.165, 1.54) is 16.2 Å². The molecule has 0 spiro atoms. The minimum atomic E-state index is -1.02. The molecule has 19 heavy (non-hydrogen) atoms. The molecule has 1 fully saturated rings. The summed E-state index contributed by atoms with van der Waals surface area (Å²) in [6.45, 7) is 1.88. The fourth-order valence-corrected chi connectivity index (χ4v) is 3.61. The van der Waals surface area contributed by atoms with E-state index in [9.17, 15) is 14.7 Å². The van der Waals surface area contributed by atoms with Gasteiger partial charge in [0.1, 0.15) is 5.54 Å². The monoisotopic (exact) mass is 281 g/mol. The van der Waals surface area contributed by atoms with Crippen LogP contribution in [0.25, 0.3) is 0 Å². The Labute approximate surface area is 117 Å². The molecule has 0 saturated heterocycles. The molecule has 1 aliphatic carbocycles. The number of carboxylic acids is 1. The first-order valence-electron chi connectivity index (χ1n) is 6.53. The second-order valence-electron chi connectivity index (χ2n) is 5.23. The van der Waals surface area contributed by atoms with Gasteiger partial charge in [0.05, 0.1) is 5.56 Å². The highest BCUT2D eigenvalue weighted by atomic mass is 32.1. The molecule has 4 nitrogen and oxygen atoms in total. The van der Waals surface area contributed by atoms with Gasteiger partial charge in [-0.15, -0.1) is 0 Å². The van der Waals surface area contributed by atoms with Crippen LogP contribution in [0, 0.1) is 6.92 Å². The molecule has 104 valence electrons. The first-order valence-corrected chi connectivity index (χ1v) is 7.47. The van der Waals surface area contributed by atoms with E-state index in [-0.39, 0.29) is 5.91 Å². The molecule has 0 aromatic carbocycles. The van der Waals surface area contributed by atoms with Crippen molar-refractivity contribution in [3.05, 3.63) is 21.9 Å². The van der Waals surface area contributed by atoms with Crippen LogP contribution >= 0.6 is 11.3 Å². The third kappa shape index (κ3) is 2.39. The Hall–Kier alpha value is -1.36. The van der Waals surface area contributed by atoms with Crippen LogP contribution in [0.2, 0.25) is 0 Å². The summed E-state index contributed by atoms with van der Waals surface area (Å²) in [6, 6.07) is 0. The number of hydrogen-bond acceptors (Lipinski definition) is 3. The number of carboxylic acid groups (broad SMARTS) is 1. The Morgan fingerprint density at radius 1 is 1.26 bits per heavy atom. The minimum Gasteiger partial charge on any atom is -0.479 e. The van der Waals surface area contributed by atoms with Crippen molar-refractivity contribution in [1.29, 1.82) is 0 Å². The first kappa shape index (κ1) is 14.1. The Morgan fingerprint density at radius 2 is 1.89 bits per heavy atom. The Bertz CT molecular complexity index is 489. The van der Waals surface area contributed by atoms with E-state index in [4.69, 9.17) is 0 Å². The van der Waals surface area contributed by atoms with Crippen LogP contribution in [0.1, 0.15) is 48.0 Å². The van der Waals surface area contributed by atoms with Crippen molar-refractivity contribution >= 4 is 23.2 Å². The zero-order chi connectivity index (χ0) is 14.0. The topological polar surface area (TPSA) is 57.6 Å². The third-order valence-corrected chi connectivity index (χ3v) is 4.97. The van der Waals surface area contributed by atoms with E-state index in [1.54, 1.807) is 12.4 Å². The predicted molar refractivity (Wildman–Crippen MR) is 74.6 cm³/mol. The molecule has 0 aliphatic heterocycles. The zero-order valence-electron chi connectivity index (χ0n) is 11.3. The molecule has 1 aromatic heterocycles. The van der Waals surface area contributed by atoms with Crippen molar-refractivity contribution in [3.8, 4) is 0 Å². The largest absolute Gasteiger partial charge is 0.479 e. The van der Waals surface area contributed by atoms with Crippen molar-refractivity contribution in [2.45, 2.75) is 44.6 Å². The van der Waals surface area contributed by atoms with E-state index in [0.29, 0.717) is 18.4 Å². The van der Waals surface area contributed by atoms with E-state index < -0.39 is 11.5 Å². The summed E-state index contributed by atoms with van der Waals surface area (Å²) < 4.78 is 0. The highest BCUT2D eigenvalue weighted by Gasteiger charge is 2.45. The van der Waals surface area contributed by atoms with Gasteiger partial charge in [-0.25, -0.2) is 4.79 Å². The second kappa shape index (κ2) is 5.33. The molecule has 1 heterocycles. The maximum absolute atomic E-state index is 12.5. The Balaban J connectivity index is 2.30. The number of hydrogen-bond donors (Lipinski definition) is 1. The van der Waals surface area contributed by atoms with Gasteiger partial charge >= 0.3 is 5.97 Å². The molecule has 1 amide bonds. The molecule has 0 atom stereocenters. The standard InChI is InChI=1S/C14H19NO3S/c1-10-8-19-9-11(10)12(16)15(2)14(13(17)18)6-4-3-5-7-14/h8-9H,3-7H2,1-2H3,(H,17,18). The normalized spacial score (nSPS) is 18.0. The van der Waals surface area contributed by atoms with Gasteiger partial charge in [-0.2, -0.15) is 11.3 Å². The van der Waals surface area contributed by atoms with E-state index >= 15 is 0 Å². The molecular formula is C14H19NO3S. The van der Waals surface area contributed by atoms with Crippen LogP contribution in [0.15, 0.2) is 10.8 Å². The summed E-state index contributed by atoms with van der Waals surface area (Å²) in [7, 11) is 1.62. The minimum absolute atomic E-state index is 0.178. The predicted octanol–water partition coefficient (Wildman–Crippen LogP) is 2.92. The van der Waals surface area contributed by atoms with Crippen molar-refractivity contribution in [2.24, 2.45) is 0 Å². The van der Waals surface area contributed by atoms with Gasteiger partial charge in [-0.3, -0.25) is 4.79 Å². The lowest BCUT2D eigenvalue weighted by atomic mass is 9.80. The number of rotatable bonds is 3. The summed E-state index contributed by atoms with van der Waals surface area (Å²) in [5.74, 6) is -1.06. The van der Waals surface area contributed by atoms with Crippen molar-refractivity contribution in [2.75, 3.05) is 7.05 Å². The van der Waals surface area contributed by atoms with Gasteiger partial charge in [0.25, 0.3) is 5.91 Å². The average Bonchev–Trinajstić information content (AvgIpc) is 2.84. The van der Waals surface area contributed by atoms with E-state index in [1.807, 2.05) is 12.3 Å². The smallest absolute Gasteiger partial charge is 0.329 e. The van der Waals surface area contributed by atoms with Crippen molar-refractivity contribution in [1.82, 2.24) is 4.90 Å². The van der Waals surface area contributed by atoms with Crippen LogP contribution in [0.3, 0.4) is 0 Å². The fourth-order valence-electron chi connectivity index (χ4n) is 2.78. The molecule has 2 rings (SSSR count). The molecule has 0 unspecified atom stereocenters. The fraction of sp³-hybridized carbons (Fsp3) is 0.571. The van der Waals surface area contributed by atoms with Gasteiger partial charge in [0.15, 0.2) is 0 Å². The molecule has 0 radical (unpaired) electrons. The highest BCUT2D eigenvalue weighted by Crippen LogP contribution is 2.34. The van der Waals surface area contributed by atoms with Crippen LogP contribution in [0.5, 0.6) is 0 Å². The average molecular weight is 281 g/mol. The summed E-state index contributed by atoms with van der Waals surface area (Å²) in [5, 5.41) is 13.3. The molecule has 0 bridgehead atoms. The lowest BCUT2D eigenvalue weighted by molar-refractivity contribution is -0.151. The van der Waals surface area contributed by atoms with E-state index in [0.717, 1.165) is 24.8 Å².